The summed E-state index contributed by atoms with van der Waals surface area (Å²) in [6.07, 6.45) is 4.06. The van der Waals surface area contributed by atoms with E-state index in [0.717, 1.165) is 26.1 Å². The molecule has 0 spiro atoms. The zero-order chi connectivity index (χ0) is 20.2. The van der Waals surface area contributed by atoms with E-state index in [9.17, 15) is 4.79 Å². The third-order valence-corrected chi connectivity index (χ3v) is 9.23. The number of hydrogen-bond acceptors (Lipinski definition) is 7. The Labute approximate surface area is 177 Å². The topological polar surface area (TPSA) is 74.5 Å². The van der Waals surface area contributed by atoms with E-state index >= 15 is 0 Å². The van der Waals surface area contributed by atoms with Gasteiger partial charge in [0.1, 0.15) is 0 Å². The van der Waals surface area contributed by atoms with Crippen LogP contribution in [0.1, 0.15) is 18.9 Å². The quantitative estimate of drug-likeness (QED) is 0.253. The van der Waals surface area contributed by atoms with Crippen LogP contribution in [0.5, 0.6) is 10.9 Å². The molecule has 0 aliphatic heterocycles. The molecule has 0 fully saturated rings. The number of rotatable bonds is 8. The van der Waals surface area contributed by atoms with E-state index < -0.39 is 14.7 Å². The molecule has 0 aliphatic rings. The Balaban J connectivity index is 1.43. The summed E-state index contributed by atoms with van der Waals surface area (Å²) < 4.78 is 17.7. The van der Waals surface area contributed by atoms with E-state index in [1.54, 1.807) is 6.20 Å². The molecule has 0 N–H and O–H groups in total. The minimum absolute atomic E-state index is 0.0994. The average molecular weight is 472 g/mol. The third kappa shape index (κ3) is 4.79. The van der Waals surface area contributed by atoms with Crippen molar-refractivity contribution < 1.29 is 18.7 Å². The fourth-order valence-corrected chi connectivity index (χ4v) is 7.07. The summed E-state index contributed by atoms with van der Waals surface area (Å²) in [6, 6.07) is 9.72. The molecular formula is C21H21AsN2O4S. The van der Waals surface area contributed by atoms with Gasteiger partial charge in [0.25, 0.3) is 0 Å². The van der Waals surface area contributed by atoms with E-state index in [1.165, 1.54) is 16.9 Å². The SMILES string of the molecule is CCOC(=O)CC[As](C)Cc1coc2cc(Oc3nc4ncccc4s3)ccc12. The van der Waals surface area contributed by atoms with Gasteiger partial charge in [-0.25, -0.2) is 0 Å². The van der Waals surface area contributed by atoms with Crippen molar-refractivity contribution in [2.45, 2.75) is 29.5 Å². The number of carbonyl (C=O) groups excluding carboxylic acids is 1. The van der Waals surface area contributed by atoms with E-state index in [2.05, 4.69) is 15.7 Å². The number of hydrogen-bond donors (Lipinski definition) is 0. The van der Waals surface area contributed by atoms with Crippen LogP contribution in [0.2, 0.25) is 10.9 Å². The molecule has 4 rings (SSSR count). The number of carbonyl (C=O) groups is 1. The summed E-state index contributed by atoms with van der Waals surface area (Å²) in [6.45, 7) is 2.28. The molecule has 29 heavy (non-hydrogen) atoms. The summed E-state index contributed by atoms with van der Waals surface area (Å²) in [5, 5.41) is 3.58. The third-order valence-electron chi connectivity index (χ3n) is 4.42. The van der Waals surface area contributed by atoms with Gasteiger partial charge in [-0.15, -0.1) is 0 Å². The number of nitrogens with zero attached hydrogens (tertiary/aromatic N) is 2. The number of benzene rings is 1. The van der Waals surface area contributed by atoms with Crippen molar-refractivity contribution in [3.05, 3.63) is 48.4 Å². The number of ether oxygens (including phenoxy) is 2. The van der Waals surface area contributed by atoms with Crippen molar-refractivity contribution in [3.63, 3.8) is 0 Å². The second-order valence-corrected chi connectivity index (χ2v) is 12.8. The predicted molar refractivity (Wildman–Crippen MR) is 115 cm³/mol. The molecule has 1 unspecified atom stereocenters. The van der Waals surface area contributed by atoms with E-state index in [4.69, 9.17) is 13.9 Å². The zero-order valence-corrected chi connectivity index (χ0v) is 18.9. The molecule has 6 nitrogen and oxygen atoms in total. The van der Waals surface area contributed by atoms with Crippen molar-refractivity contribution in [1.82, 2.24) is 9.97 Å². The van der Waals surface area contributed by atoms with Gasteiger partial charge in [0.15, 0.2) is 0 Å². The van der Waals surface area contributed by atoms with Gasteiger partial charge < -0.3 is 0 Å². The molecule has 3 aromatic heterocycles. The van der Waals surface area contributed by atoms with Crippen LogP contribution in [-0.2, 0) is 14.7 Å². The van der Waals surface area contributed by atoms with Crippen molar-refractivity contribution in [3.8, 4) is 10.9 Å². The summed E-state index contributed by atoms with van der Waals surface area (Å²) >= 11 is 0.315. The summed E-state index contributed by atoms with van der Waals surface area (Å²) in [5.74, 6) is 0.586. The fourth-order valence-electron chi connectivity index (χ4n) is 3.03. The first-order chi connectivity index (χ1) is 14.1. The summed E-state index contributed by atoms with van der Waals surface area (Å²) in [5.41, 5.74) is 4.96. The molecule has 0 saturated heterocycles. The number of aromatic nitrogens is 2. The standard InChI is InChI=1S/C21H21AsN2O4S/c1-3-26-19(25)8-9-22(2)12-14-13-27-17-11-15(6-7-16(14)17)28-21-24-20-18(29-21)5-4-10-23-20/h4-7,10-11,13H,3,8-9,12H2,1-2H3. The zero-order valence-electron chi connectivity index (χ0n) is 16.3. The molecule has 0 bridgehead atoms. The Kier molecular flexibility index (Phi) is 6.16. The normalized spacial score (nSPS) is 12.3. The van der Waals surface area contributed by atoms with E-state index in [0.29, 0.717) is 29.6 Å². The second kappa shape index (κ2) is 8.97. The van der Waals surface area contributed by atoms with Gasteiger partial charge in [-0.2, -0.15) is 0 Å². The molecule has 3 heterocycles. The van der Waals surface area contributed by atoms with Gasteiger partial charge in [0.2, 0.25) is 0 Å². The van der Waals surface area contributed by atoms with Gasteiger partial charge >= 0.3 is 177 Å². The molecule has 0 radical (unpaired) electrons. The Bertz CT molecular complexity index is 1110. The molecule has 0 saturated carbocycles. The van der Waals surface area contributed by atoms with Crippen molar-refractivity contribution in [1.29, 1.82) is 0 Å². The fraction of sp³-hybridized carbons (Fsp3) is 0.286. The van der Waals surface area contributed by atoms with Crippen LogP contribution >= 0.6 is 11.3 Å². The van der Waals surface area contributed by atoms with Gasteiger partial charge in [-0.05, 0) is 0 Å². The van der Waals surface area contributed by atoms with Gasteiger partial charge in [0, 0.05) is 0 Å². The monoisotopic (exact) mass is 472 g/mol. The van der Waals surface area contributed by atoms with Crippen LogP contribution in [-0.4, -0.2) is 37.2 Å². The predicted octanol–water partition coefficient (Wildman–Crippen LogP) is 5.39. The molecular weight excluding hydrogens is 451 g/mol. The number of furan rings is 1. The van der Waals surface area contributed by atoms with Crippen LogP contribution in [0, 0.1) is 0 Å². The molecule has 4 aromatic rings. The van der Waals surface area contributed by atoms with Crippen molar-refractivity contribution in [2.75, 3.05) is 6.61 Å². The Morgan fingerprint density at radius 3 is 3.03 bits per heavy atom. The molecule has 0 amide bonds. The van der Waals surface area contributed by atoms with Crippen LogP contribution in [0.15, 0.2) is 47.2 Å². The summed E-state index contributed by atoms with van der Waals surface area (Å²) in [4.78, 5) is 20.2. The Morgan fingerprint density at radius 1 is 1.31 bits per heavy atom. The maximum atomic E-state index is 11.6. The molecule has 0 aliphatic carbocycles. The van der Waals surface area contributed by atoms with Crippen LogP contribution < -0.4 is 4.74 Å². The van der Waals surface area contributed by atoms with Crippen LogP contribution in [0.3, 0.4) is 0 Å². The maximum absolute atomic E-state index is 11.6. The van der Waals surface area contributed by atoms with Crippen LogP contribution in [0.25, 0.3) is 21.3 Å². The van der Waals surface area contributed by atoms with Gasteiger partial charge in [0.05, 0.1) is 0 Å². The second-order valence-electron chi connectivity index (χ2n) is 6.62. The van der Waals surface area contributed by atoms with Crippen molar-refractivity contribution >= 4 is 53.3 Å². The van der Waals surface area contributed by atoms with E-state index in [1.807, 2.05) is 43.5 Å². The molecule has 1 atom stereocenters. The first-order valence-electron chi connectivity index (χ1n) is 9.36. The first kappa shape index (κ1) is 19.9. The molecule has 150 valence electrons. The number of thiazole rings is 1. The molecule has 8 heteroatoms. The summed E-state index contributed by atoms with van der Waals surface area (Å²) in [7, 11) is 0. The van der Waals surface area contributed by atoms with Crippen molar-refractivity contribution in [2.24, 2.45) is 0 Å². The Morgan fingerprint density at radius 2 is 2.21 bits per heavy atom. The number of pyridine rings is 1. The van der Waals surface area contributed by atoms with Gasteiger partial charge in [-0.1, -0.05) is 0 Å². The van der Waals surface area contributed by atoms with E-state index in [-0.39, 0.29) is 5.97 Å². The average Bonchev–Trinajstić information content (AvgIpc) is 3.30. The first-order valence-corrected chi connectivity index (χ1v) is 14.7. The Hall–Kier alpha value is -2.37. The van der Waals surface area contributed by atoms with Gasteiger partial charge in [-0.3, -0.25) is 0 Å². The van der Waals surface area contributed by atoms with Crippen LogP contribution in [0.4, 0.5) is 0 Å². The molecule has 1 aromatic carbocycles. The number of fused-ring (bicyclic) bond motifs is 2. The minimum atomic E-state index is -1.15. The number of esters is 1.